The van der Waals surface area contributed by atoms with Crippen LogP contribution in [0, 0.1) is 0 Å². The van der Waals surface area contributed by atoms with E-state index in [1.165, 1.54) is 0 Å². The number of ether oxygens (including phenoxy) is 1. The lowest BCUT2D eigenvalue weighted by atomic mass is 9.96. The van der Waals surface area contributed by atoms with Crippen LogP contribution in [0.1, 0.15) is 70.5 Å². The second-order valence-electron chi connectivity index (χ2n) is 5.00. The zero-order valence-corrected chi connectivity index (χ0v) is 11.9. The van der Waals surface area contributed by atoms with E-state index in [0.29, 0.717) is 24.7 Å². The largest absolute Gasteiger partial charge is 0.367 e. The van der Waals surface area contributed by atoms with Gasteiger partial charge in [-0.25, -0.2) is 0 Å². The molecule has 1 heterocycles. The highest BCUT2D eigenvalue weighted by atomic mass is 16.5. The zero-order chi connectivity index (χ0) is 13.9. The average Bonchev–Trinajstić information content (AvgIpc) is 3.04. The molecule has 1 saturated carbocycles. The molecular formula is C14H22N2O3. The van der Waals surface area contributed by atoms with Gasteiger partial charge in [0, 0.05) is 13.0 Å². The minimum atomic E-state index is -0.488. The Bertz CT molecular complexity index is 438. The quantitative estimate of drug-likeness (QED) is 0.792. The van der Waals surface area contributed by atoms with Gasteiger partial charge in [0.1, 0.15) is 11.4 Å². The molecule has 2 rings (SSSR count). The van der Waals surface area contributed by atoms with Gasteiger partial charge in [0.05, 0.1) is 5.92 Å². The predicted octanol–water partition coefficient (Wildman–Crippen LogP) is 2.96. The number of carbonyl (C=O) groups is 1. The molecule has 0 aliphatic heterocycles. The molecular weight excluding hydrogens is 244 g/mol. The second-order valence-corrected chi connectivity index (χ2v) is 5.00. The van der Waals surface area contributed by atoms with Crippen molar-refractivity contribution in [1.82, 2.24) is 10.1 Å². The Labute approximate surface area is 113 Å². The van der Waals surface area contributed by atoms with Crippen molar-refractivity contribution in [1.29, 1.82) is 0 Å². The maximum atomic E-state index is 11.7. The summed E-state index contributed by atoms with van der Waals surface area (Å²) in [4.78, 5) is 16.2. The Morgan fingerprint density at radius 2 is 2.11 bits per heavy atom. The number of aromatic nitrogens is 2. The number of nitrogens with zero attached hydrogens (tertiary/aromatic N) is 2. The van der Waals surface area contributed by atoms with Crippen LogP contribution in [0.4, 0.5) is 0 Å². The maximum absolute atomic E-state index is 11.7. The molecule has 19 heavy (non-hydrogen) atoms. The molecule has 1 unspecified atom stereocenters. The lowest BCUT2D eigenvalue weighted by Gasteiger charge is -2.27. The van der Waals surface area contributed by atoms with E-state index >= 15 is 0 Å². The van der Waals surface area contributed by atoms with Crippen molar-refractivity contribution in [3.63, 3.8) is 0 Å². The van der Waals surface area contributed by atoms with Gasteiger partial charge < -0.3 is 9.26 Å². The monoisotopic (exact) mass is 266 g/mol. The summed E-state index contributed by atoms with van der Waals surface area (Å²) in [6.07, 6.45) is 3.93. The molecule has 1 aliphatic rings. The summed E-state index contributed by atoms with van der Waals surface area (Å²) in [5, 5.41) is 4.06. The van der Waals surface area contributed by atoms with E-state index in [1.807, 2.05) is 6.92 Å². The minimum absolute atomic E-state index is 0.200. The summed E-state index contributed by atoms with van der Waals surface area (Å²) in [7, 11) is 0. The molecule has 0 N–H and O–H groups in total. The molecule has 0 spiro atoms. The first-order chi connectivity index (χ1) is 9.16. The average molecular weight is 266 g/mol. The first kappa shape index (κ1) is 14.2. The number of ketones is 1. The molecule has 1 aromatic rings. The van der Waals surface area contributed by atoms with Crippen molar-refractivity contribution in [3.05, 3.63) is 11.7 Å². The third kappa shape index (κ3) is 2.56. The lowest BCUT2D eigenvalue weighted by Crippen LogP contribution is -2.30. The topological polar surface area (TPSA) is 65.2 Å². The highest BCUT2D eigenvalue weighted by molar-refractivity contribution is 5.86. The van der Waals surface area contributed by atoms with Crippen molar-refractivity contribution < 1.29 is 14.1 Å². The van der Waals surface area contributed by atoms with Crippen molar-refractivity contribution in [2.24, 2.45) is 0 Å². The minimum Gasteiger partial charge on any atom is -0.367 e. The summed E-state index contributed by atoms with van der Waals surface area (Å²) in [6.45, 7) is 6.67. The van der Waals surface area contributed by atoms with E-state index in [9.17, 15) is 4.79 Å². The van der Waals surface area contributed by atoms with Crippen LogP contribution in [0.15, 0.2) is 4.52 Å². The Kier molecular flexibility index (Phi) is 4.34. The van der Waals surface area contributed by atoms with Gasteiger partial charge in [-0.1, -0.05) is 19.0 Å². The van der Waals surface area contributed by atoms with Crippen LogP contribution in [0.25, 0.3) is 0 Å². The van der Waals surface area contributed by atoms with Gasteiger partial charge >= 0.3 is 0 Å². The highest BCUT2D eigenvalue weighted by Gasteiger charge is 2.37. The molecule has 0 radical (unpaired) electrons. The second kappa shape index (κ2) is 5.82. The van der Waals surface area contributed by atoms with Gasteiger partial charge in [-0.15, -0.1) is 0 Å². The fraction of sp³-hybridized carbons (Fsp3) is 0.786. The fourth-order valence-electron chi connectivity index (χ4n) is 2.75. The van der Waals surface area contributed by atoms with Crippen LogP contribution in [0.2, 0.25) is 0 Å². The summed E-state index contributed by atoms with van der Waals surface area (Å²) < 4.78 is 11.2. The zero-order valence-electron chi connectivity index (χ0n) is 11.9. The molecule has 0 aromatic carbocycles. The van der Waals surface area contributed by atoms with E-state index in [0.717, 1.165) is 25.7 Å². The number of hydrogen-bond acceptors (Lipinski definition) is 5. The summed E-state index contributed by atoms with van der Waals surface area (Å²) in [6, 6.07) is 0. The van der Waals surface area contributed by atoms with Crippen LogP contribution >= 0.6 is 0 Å². The maximum Gasteiger partial charge on any atom is 0.237 e. The van der Waals surface area contributed by atoms with E-state index in [2.05, 4.69) is 24.0 Å². The molecule has 1 aromatic heterocycles. The third-order valence-corrected chi connectivity index (χ3v) is 4.01. The molecule has 0 saturated heterocycles. The van der Waals surface area contributed by atoms with Crippen LogP contribution < -0.4 is 0 Å². The van der Waals surface area contributed by atoms with E-state index < -0.39 is 5.60 Å². The van der Waals surface area contributed by atoms with Gasteiger partial charge in [-0.3, -0.25) is 4.79 Å². The normalized spacial score (nSPS) is 20.2. The van der Waals surface area contributed by atoms with Crippen molar-refractivity contribution >= 4 is 5.78 Å². The standard InChI is InChI=1S/C14H22N2O3/c1-4-14(5-2,18-6-3)13-15-12(19-16-13)10-8-7-9-11(10)17/h10H,4-9H2,1-3H3. The van der Waals surface area contributed by atoms with Crippen molar-refractivity contribution in [3.8, 4) is 0 Å². The lowest BCUT2D eigenvalue weighted by molar-refractivity contribution is -0.119. The Hall–Kier alpha value is -1.23. The van der Waals surface area contributed by atoms with Gasteiger partial charge in [-0.2, -0.15) is 4.98 Å². The van der Waals surface area contributed by atoms with Crippen LogP contribution in [0.5, 0.6) is 0 Å². The molecule has 0 amide bonds. The van der Waals surface area contributed by atoms with Crippen molar-refractivity contribution in [2.75, 3.05) is 6.61 Å². The molecule has 1 fully saturated rings. The smallest absolute Gasteiger partial charge is 0.237 e. The van der Waals surface area contributed by atoms with E-state index in [1.54, 1.807) is 0 Å². The summed E-state index contributed by atoms with van der Waals surface area (Å²) in [5.41, 5.74) is -0.488. The molecule has 0 bridgehead atoms. The van der Waals surface area contributed by atoms with Crippen LogP contribution in [-0.4, -0.2) is 22.5 Å². The first-order valence-electron chi connectivity index (χ1n) is 7.17. The molecule has 5 nitrogen and oxygen atoms in total. The Morgan fingerprint density at radius 1 is 1.37 bits per heavy atom. The number of hydrogen-bond donors (Lipinski definition) is 0. The van der Waals surface area contributed by atoms with E-state index in [4.69, 9.17) is 9.26 Å². The SMILES string of the molecule is CCOC(CC)(CC)c1noc(C2CCCC2=O)n1. The Morgan fingerprint density at radius 3 is 2.63 bits per heavy atom. The number of carbonyl (C=O) groups excluding carboxylic acids is 1. The molecule has 106 valence electrons. The number of Topliss-reactive ketones (excluding diaryl/α,β-unsaturated/α-hetero) is 1. The van der Waals surface area contributed by atoms with Gasteiger partial charge in [0.25, 0.3) is 0 Å². The first-order valence-corrected chi connectivity index (χ1v) is 7.17. The van der Waals surface area contributed by atoms with E-state index in [-0.39, 0.29) is 11.7 Å². The third-order valence-electron chi connectivity index (χ3n) is 4.01. The van der Waals surface area contributed by atoms with Gasteiger partial charge in [0.15, 0.2) is 0 Å². The molecule has 5 heteroatoms. The summed E-state index contributed by atoms with van der Waals surface area (Å²) >= 11 is 0. The molecule has 1 aliphatic carbocycles. The van der Waals surface area contributed by atoms with Crippen molar-refractivity contribution in [2.45, 2.75) is 64.4 Å². The van der Waals surface area contributed by atoms with Gasteiger partial charge in [-0.05, 0) is 32.6 Å². The predicted molar refractivity (Wildman–Crippen MR) is 69.8 cm³/mol. The highest BCUT2D eigenvalue weighted by Crippen LogP contribution is 2.34. The fourth-order valence-corrected chi connectivity index (χ4v) is 2.75. The van der Waals surface area contributed by atoms with Crippen LogP contribution in [0.3, 0.4) is 0 Å². The van der Waals surface area contributed by atoms with Crippen LogP contribution in [-0.2, 0) is 15.1 Å². The molecule has 1 atom stereocenters. The number of rotatable bonds is 6. The van der Waals surface area contributed by atoms with Gasteiger partial charge in [0.2, 0.25) is 11.7 Å². The summed E-state index contributed by atoms with van der Waals surface area (Å²) in [5.74, 6) is 1.05. The Balaban J connectivity index is 2.25.